The van der Waals surface area contributed by atoms with Crippen LogP contribution in [0.5, 0.6) is 0 Å². The van der Waals surface area contributed by atoms with Crippen LogP contribution in [0.1, 0.15) is 65.6 Å². The van der Waals surface area contributed by atoms with E-state index in [1.54, 1.807) is 0 Å². The molecule has 4 bridgehead atoms. The maximum absolute atomic E-state index is 13.5. The van der Waals surface area contributed by atoms with Crippen LogP contribution in [0, 0.1) is 43.9 Å². The molecule has 0 spiro atoms. The first-order valence-corrected chi connectivity index (χ1v) is 8.59. The summed E-state index contributed by atoms with van der Waals surface area (Å²) in [5.74, 6) is 3.00. The lowest BCUT2D eigenvalue weighted by atomic mass is 9.48. The second-order valence-corrected chi connectivity index (χ2v) is 8.30. The molecule has 4 aliphatic rings. The van der Waals surface area contributed by atoms with Crippen LogP contribution >= 0.6 is 0 Å². The molecule has 5 rings (SSSR count). The number of aryl methyl sites for hydroxylation is 3. The van der Waals surface area contributed by atoms with Gasteiger partial charge in [0.1, 0.15) is 0 Å². The summed E-state index contributed by atoms with van der Waals surface area (Å²) in [5.41, 5.74) is 4.69. The zero-order valence-electron chi connectivity index (χ0n) is 13.5. The predicted molar refractivity (Wildman–Crippen MR) is 85.6 cm³/mol. The Morgan fingerprint density at radius 1 is 0.905 bits per heavy atom. The lowest BCUT2D eigenvalue weighted by molar-refractivity contribution is -0.0353. The molecule has 0 radical (unpaired) electrons. The average Bonchev–Trinajstić information content (AvgIpc) is 2.35. The van der Waals surface area contributed by atoms with Gasteiger partial charge in [-0.3, -0.25) is 4.79 Å². The maximum atomic E-state index is 13.5. The smallest absolute Gasteiger partial charge is 0.169 e. The largest absolute Gasteiger partial charge is 0.294 e. The molecule has 0 saturated heterocycles. The van der Waals surface area contributed by atoms with Gasteiger partial charge >= 0.3 is 0 Å². The number of carbonyl (C=O) groups is 1. The molecular weight excluding hydrogens is 256 g/mol. The van der Waals surface area contributed by atoms with Crippen molar-refractivity contribution in [2.75, 3.05) is 0 Å². The molecule has 0 aliphatic heterocycles. The SMILES string of the molecule is Cc1cc(C)c(C(=O)C23CC4CC(CC(C4)C2)C3)c(C)c1. The van der Waals surface area contributed by atoms with Gasteiger partial charge in [0.05, 0.1) is 0 Å². The normalized spacial score (nSPS) is 37.0. The molecule has 0 aromatic heterocycles. The zero-order chi connectivity index (χ0) is 14.8. The monoisotopic (exact) mass is 282 g/mol. The summed E-state index contributed by atoms with van der Waals surface area (Å²) >= 11 is 0. The molecule has 1 heteroatoms. The number of Topliss-reactive ketones (excluding diaryl/α,β-unsaturated/α-hetero) is 1. The molecule has 0 N–H and O–H groups in total. The van der Waals surface area contributed by atoms with Gasteiger partial charge in [-0.25, -0.2) is 0 Å². The number of hydrogen-bond donors (Lipinski definition) is 0. The fourth-order valence-electron chi connectivity index (χ4n) is 6.19. The van der Waals surface area contributed by atoms with E-state index in [-0.39, 0.29) is 5.41 Å². The number of benzene rings is 1. The highest BCUT2D eigenvalue weighted by molar-refractivity contribution is 6.03. The Balaban J connectivity index is 1.75. The van der Waals surface area contributed by atoms with Gasteiger partial charge in [-0.1, -0.05) is 17.7 Å². The molecule has 1 aromatic carbocycles. The Labute approximate surface area is 128 Å². The van der Waals surface area contributed by atoms with Crippen LogP contribution in [0.15, 0.2) is 12.1 Å². The third-order valence-electron chi connectivity index (χ3n) is 6.42. The third kappa shape index (κ3) is 2.00. The van der Waals surface area contributed by atoms with Crippen molar-refractivity contribution in [1.82, 2.24) is 0 Å². The van der Waals surface area contributed by atoms with Crippen molar-refractivity contribution in [3.63, 3.8) is 0 Å². The summed E-state index contributed by atoms with van der Waals surface area (Å²) in [6.45, 7) is 6.36. The maximum Gasteiger partial charge on any atom is 0.169 e. The Hall–Kier alpha value is -1.11. The van der Waals surface area contributed by atoms with Crippen LogP contribution in [-0.4, -0.2) is 5.78 Å². The lowest BCUT2D eigenvalue weighted by Gasteiger charge is -2.56. The molecule has 0 heterocycles. The van der Waals surface area contributed by atoms with Gasteiger partial charge in [0, 0.05) is 11.0 Å². The molecule has 21 heavy (non-hydrogen) atoms. The Bertz CT molecular complexity index is 552. The van der Waals surface area contributed by atoms with E-state index in [9.17, 15) is 4.79 Å². The van der Waals surface area contributed by atoms with E-state index in [1.165, 1.54) is 55.2 Å². The summed E-state index contributed by atoms with van der Waals surface area (Å²) in [7, 11) is 0. The van der Waals surface area contributed by atoms with Crippen LogP contribution in [-0.2, 0) is 0 Å². The number of rotatable bonds is 2. The first kappa shape index (κ1) is 13.5. The first-order chi connectivity index (χ1) is 9.97. The minimum Gasteiger partial charge on any atom is -0.294 e. The quantitative estimate of drug-likeness (QED) is 0.697. The third-order valence-corrected chi connectivity index (χ3v) is 6.42. The summed E-state index contributed by atoms with van der Waals surface area (Å²) in [6.07, 6.45) is 7.72. The van der Waals surface area contributed by atoms with Gasteiger partial charge in [-0.2, -0.15) is 0 Å². The topological polar surface area (TPSA) is 17.1 Å². The number of ketones is 1. The zero-order valence-corrected chi connectivity index (χ0v) is 13.5. The van der Waals surface area contributed by atoms with Crippen LogP contribution in [0.4, 0.5) is 0 Å². The van der Waals surface area contributed by atoms with E-state index < -0.39 is 0 Å². The standard InChI is InChI=1S/C20H26O/c1-12-4-13(2)18(14(3)5-12)19(21)20-9-15-6-16(10-20)8-17(7-15)11-20/h4-5,15-17H,6-11H2,1-3H3. The molecular formula is C20H26O. The second kappa shape index (κ2) is 4.44. The van der Waals surface area contributed by atoms with Crippen molar-refractivity contribution in [2.24, 2.45) is 23.2 Å². The second-order valence-electron chi connectivity index (χ2n) is 8.30. The molecule has 0 amide bonds. The Morgan fingerprint density at radius 2 is 1.33 bits per heavy atom. The fourth-order valence-corrected chi connectivity index (χ4v) is 6.19. The Kier molecular flexibility index (Phi) is 2.87. The van der Waals surface area contributed by atoms with Crippen LogP contribution in [0.25, 0.3) is 0 Å². The highest BCUT2D eigenvalue weighted by atomic mass is 16.1. The molecule has 0 atom stereocenters. The first-order valence-electron chi connectivity index (χ1n) is 8.59. The van der Waals surface area contributed by atoms with E-state index in [0.29, 0.717) is 5.78 Å². The van der Waals surface area contributed by atoms with Crippen molar-refractivity contribution >= 4 is 5.78 Å². The molecule has 0 unspecified atom stereocenters. The van der Waals surface area contributed by atoms with Crippen molar-refractivity contribution in [3.05, 3.63) is 34.4 Å². The Morgan fingerprint density at radius 3 is 1.76 bits per heavy atom. The molecule has 1 nitrogen and oxygen atoms in total. The number of carbonyl (C=O) groups excluding carboxylic acids is 1. The van der Waals surface area contributed by atoms with Gasteiger partial charge in [0.15, 0.2) is 5.78 Å². The summed E-state index contributed by atoms with van der Waals surface area (Å²) in [4.78, 5) is 13.5. The van der Waals surface area contributed by atoms with Gasteiger partial charge in [-0.15, -0.1) is 0 Å². The molecule has 1 aromatic rings. The van der Waals surface area contributed by atoms with Crippen molar-refractivity contribution in [1.29, 1.82) is 0 Å². The highest BCUT2D eigenvalue weighted by Crippen LogP contribution is 2.61. The van der Waals surface area contributed by atoms with E-state index in [1.807, 2.05) is 0 Å². The van der Waals surface area contributed by atoms with Crippen LogP contribution < -0.4 is 0 Å². The fraction of sp³-hybridized carbons (Fsp3) is 0.650. The predicted octanol–water partition coefficient (Wildman–Crippen LogP) is 5.01. The van der Waals surface area contributed by atoms with Gasteiger partial charge in [-0.05, 0) is 88.2 Å². The minimum absolute atomic E-state index is 0.000468. The van der Waals surface area contributed by atoms with Gasteiger partial charge < -0.3 is 0 Å². The molecule has 4 fully saturated rings. The lowest BCUT2D eigenvalue weighted by Crippen LogP contribution is -2.50. The van der Waals surface area contributed by atoms with Crippen molar-refractivity contribution < 1.29 is 4.79 Å². The minimum atomic E-state index is -0.000468. The molecule has 4 aliphatic carbocycles. The van der Waals surface area contributed by atoms with Crippen LogP contribution in [0.3, 0.4) is 0 Å². The molecule has 112 valence electrons. The molecule has 4 saturated carbocycles. The summed E-state index contributed by atoms with van der Waals surface area (Å²) in [6, 6.07) is 4.36. The van der Waals surface area contributed by atoms with E-state index in [4.69, 9.17) is 0 Å². The van der Waals surface area contributed by atoms with Crippen molar-refractivity contribution in [3.8, 4) is 0 Å². The van der Waals surface area contributed by atoms with Gasteiger partial charge in [0.2, 0.25) is 0 Å². The van der Waals surface area contributed by atoms with E-state index >= 15 is 0 Å². The number of hydrogen-bond acceptors (Lipinski definition) is 1. The summed E-state index contributed by atoms with van der Waals surface area (Å²) in [5, 5.41) is 0. The van der Waals surface area contributed by atoms with Crippen LogP contribution in [0.2, 0.25) is 0 Å². The van der Waals surface area contributed by atoms with Gasteiger partial charge in [0.25, 0.3) is 0 Å². The average molecular weight is 282 g/mol. The van der Waals surface area contributed by atoms with Crippen molar-refractivity contribution in [2.45, 2.75) is 59.3 Å². The van der Waals surface area contributed by atoms with E-state index in [0.717, 1.165) is 23.3 Å². The highest BCUT2D eigenvalue weighted by Gasteiger charge is 2.54. The summed E-state index contributed by atoms with van der Waals surface area (Å²) < 4.78 is 0. The van der Waals surface area contributed by atoms with E-state index in [2.05, 4.69) is 32.9 Å².